The highest BCUT2D eigenvalue weighted by Gasteiger charge is 1.90. The molecule has 1 unspecified atom stereocenters. The zero-order chi connectivity index (χ0) is 6.57. The fourth-order valence-electron chi connectivity index (χ4n) is 0.279. The molecule has 3 N–H and O–H groups in total. The van der Waals surface area contributed by atoms with E-state index in [-0.39, 0.29) is 17.8 Å². The van der Waals surface area contributed by atoms with Crippen LogP contribution in [-0.4, -0.2) is 18.4 Å². The minimum absolute atomic E-state index is 0. The van der Waals surface area contributed by atoms with Crippen LogP contribution < -0.4 is 11.1 Å². The summed E-state index contributed by atoms with van der Waals surface area (Å²) < 4.78 is 0. The molecule has 0 heterocycles. The van der Waals surface area contributed by atoms with Crippen LogP contribution in [0.5, 0.6) is 0 Å². The Bertz CT molecular complexity index is 93.8. The SMILES string of the molecule is CN=C(N)NC(C)S.Cl. The van der Waals surface area contributed by atoms with E-state index in [1.165, 1.54) is 0 Å². The Kier molecular flexibility index (Phi) is 7.83. The molecule has 56 valence electrons. The maximum Gasteiger partial charge on any atom is 0.189 e. The molecule has 0 aromatic carbocycles. The quantitative estimate of drug-likeness (QED) is 0.228. The van der Waals surface area contributed by atoms with E-state index in [0.717, 1.165) is 0 Å². The third kappa shape index (κ3) is 7.91. The van der Waals surface area contributed by atoms with Crippen LogP contribution in [0, 0.1) is 0 Å². The number of nitrogens with one attached hydrogen (secondary N) is 1. The van der Waals surface area contributed by atoms with Crippen LogP contribution in [0.15, 0.2) is 4.99 Å². The largest absolute Gasteiger partial charge is 0.370 e. The lowest BCUT2D eigenvalue weighted by molar-refractivity contribution is 0.893. The van der Waals surface area contributed by atoms with Gasteiger partial charge < -0.3 is 11.1 Å². The Morgan fingerprint density at radius 2 is 2.22 bits per heavy atom. The Balaban J connectivity index is 0. The number of thiol groups is 1. The van der Waals surface area contributed by atoms with Crippen molar-refractivity contribution in [1.29, 1.82) is 0 Å². The molecule has 0 saturated carbocycles. The third-order valence-electron chi connectivity index (χ3n) is 0.598. The molecule has 1 atom stereocenters. The van der Waals surface area contributed by atoms with Gasteiger partial charge in [0, 0.05) is 7.05 Å². The molecule has 0 radical (unpaired) electrons. The first-order valence-corrected chi connectivity index (χ1v) is 2.85. The minimum Gasteiger partial charge on any atom is -0.370 e. The minimum atomic E-state index is 0. The lowest BCUT2D eigenvalue weighted by Gasteiger charge is -2.05. The molecular weight excluding hydrogens is 158 g/mol. The molecule has 0 bridgehead atoms. The number of rotatable bonds is 1. The van der Waals surface area contributed by atoms with Gasteiger partial charge in [-0.2, -0.15) is 12.6 Å². The molecule has 0 aliphatic heterocycles. The highest BCUT2D eigenvalue weighted by Crippen LogP contribution is 1.82. The summed E-state index contributed by atoms with van der Waals surface area (Å²) in [5.74, 6) is 0.424. The van der Waals surface area contributed by atoms with Gasteiger partial charge in [-0.1, -0.05) is 0 Å². The normalized spacial score (nSPS) is 13.9. The second kappa shape index (κ2) is 6.04. The van der Waals surface area contributed by atoms with E-state index < -0.39 is 0 Å². The van der Waals surface area contributed by atoms with Gasteiger partial charge in [0.25, 0.3) is 0 Å². The van der Waals surface area contributed by atoms with Gasteiger partial charge in [-0.05, 0) is 6.92 Å². The lowest BCUT2D eigenvalue weighted by atomic mass is 10.7. The fraction of sp³-hybridized carbons (Fsp3) is 0.750. The van der Waals surface area contributed by atoms with E-state index >= 15 is 0 Å². The van der Waals surface area contributed by atoms with Crippen molar-refractivity contribution < 1.29 is 0 Å². The van der Waals surface area contributed by atoms with E-state index in [2.05, 4.69) is 22.9 Å². The summed E-state index contributed by atoms with van der Waals surface area (Å²) in [6.45, 7) is 1.88. The number of hydrogen-bond acceptors (Lipinski definition) is 2. The van der Waals surface area contributed by atoms with Crippen LogP contribution >= 0.6 is 25.0 Å². The number of hydrogen-bond donors (Lipinski definition) is 3. The molecule has 0 aromatic heterocycles. The molecule has 0 amide bonds. The van der Waals surface area contributed by atoms with Crippen LogP contribution in [0.1, 0.15) is 6.92 Å². The number of halogens is 1. The number of guanidine groups is 1. The average Bonchev–Trinajstić information content (AvgIpc) is 1.65. The Morgan fingerprint density at radius 1 is 1.78 bits per heavy atom. The summed E-state index contributed by atoms with van der Waals surface area (Å²) in [6, 6.07) is 0. The molecule has 0 aliphatic rings. The Hall–Kier alpha value is -0.0900. The smallest absolute Gasteiger partial charge is 0.189 e. The number of nitrogens with two attached hydrogens (primary N) is 1. The molecule has 0 spiro atoms. The average molecular weight is 170 g/mol. The predicted molar refractivity (Wildman–Crippen MR) is 46.4 cm³/mol. The van der Waals surface area contributed by atoms with Gasteiger partial charge in [-0.15, -0.1) is 12.4 Å². The van der Waals surface area contributed by atoms with Crippen molar-refractivity contribution in [3.05, 3.63) is 0 Å². The van der Waals surface area contributed by atoms with E-state index in [9.17, 15) is 0 Å². The first-order valence-electron chi connectivity index (χ1n) is 2.33. The summed E-state index contributed by atoms with van der Waals surface area (Å²) in [4.78, 5) is 3.66. The van der Waals surface area contributed by atoms with Crippen LogP contribution in [-0.2, 0) is 0 Å². The molecule has 0 aromatic rings. The molecule has 5 heteroatoms. The van der Waals surface area contributed by atoms with Crippen LogP contribution in [0.4, 0.5) is 0 Å². The van der Waals surface area contributed by atoms with Crippen molar-refractivity contribution >= 4 is 31.0 Å². The van der Waals surface area contributed by atoms with Crippen LogP contribution in [0.3, 0.4) is 0 Å². The molecule has 9 heavy (non-hydrogen) atoms. The summed E-state index contributed by atoms with van der Waals surface area (Å²) >= 11 is 4.02. The van der Waals surface area contributed by atoms with Gasteiger partial charge in [-0.3, -0.25) is 4.99 Å². The number of aliphatic imine (C=N–C) groups is 1. The summed E-state index contributed by atoms with van der Waals surface area (Å²) in [5.41, 5.74) is 5.26. The maximum absolute atomic E-state index is 5.26. The molecule has 0 rings (SSSR count). The molecule has 0 saturated heterocycles. The first kappa shape index (κ1) is 11.7. The van der Waals surface area contributed by atoms with Gasteiger partial charge in [0.2, 0.25) is 0 Å². The zero-order valence-electron chi connectivity index (χ0n) is 5.46. The van der Waals surface area contributed by atoms with Crippen molar-refractivity contribution in [1.82, 2.24) is 5.32 Å². The van der Waals surface area contributed by atoms with Crippen molar-refractivity contribution in [2.75, 3.05) is 7.05 Å². The Labute approximate surface area is 66.9 Å². The first-order chi connectivity index (χ1) is 3.66. The number of nitrogens with zero attached hydrogens (tertiary/aromatic N) is 1. The zero-order valence-corrected chi connectivity index (χ0v) is 7.17. The fourth-order valence-corrected chi connectivity index (χ4v) is 0.411. The topological polar surface area (TPSA) is 50.4 Å². The van der Waals surface area contributed by atoms with Gasteiger partial charge >= 0.3 is 0 Å². The maximum atomic E-state index is 5.26. The van der Waals surface area contributed by atoms with Crippen LogP contribution in [0.2, 0.25) is 0 Å². The highest BCUT2D eigenvalue weighted by atomic mass is 35.5. The second-order valence-corrected chi connectivity index (χ2v) is 2.20. The van der Waals surface area contributed by atoms with Crippen molar-refractivity contribution in [3.63, 3.8) is 0 Å². The third-order valence-corrected chi connectivity index (χ3v) is 0.727. The molecule has 0 fully saturated rings. The van der Waals surface area contributed by atoms with Crippen molar-refractivity contribution in [2.45, 2.75) is 12.3 Å². The van der Waals surface area contributed by atoms with E-state index in [4.69, 9.17) is 5.73 Å². The van der Waals surface area contributed by atoms with Gasteiger partial charge in [0.15, 0.2) is 5.96 Å². The molecular formula is C4H12ClN3S. The summed E-state index contributed by atoms with van der Waals surface area (Å²) in [7, 11) is 1.62. The van der Waals surface area contributed by atoms with E-state index in [1.54, 1.807) is 7.05 Å². The lowest BCUT2D eigenvalue weighted by Crippen LogP contribution is -2.35. The highest BCUT2D eigenvalue weighted by molar-refractivity contribution is 7.80. The molecule has 3 nitrogen and oxygen atoms in total. The molecule has 0 aliphatic carbocycles. The summed E-state index contributed by atoms with van der Waals surface area (Å²) in [6.07, 6.45) is 0. The van der Waals surface area contributed by atoms with E-state index in [1.807, 2.05) is 6.92 Å². The summed E-state index contributed by atoms with van der Waals surface area (Å²) in [5, 5.41) is 2.85. The second-order valence-electron chi connectivity index (χ2n) is 1.43. The Morgan fingerprint density at radius 3 is 2.33 bits per heavy atom. The predicted octanol–water partition coefficient (Wildman–Crippen LogP) is 0.218. The van der Waals surface area contributed by atoms with Gasteiger partial charge in [-0.25, -0.2) is 0 Å². The monoisotopic (exact) mass is 169 g/mol. The van der Waals surface area contributed by atoms with Crippen molar-refractivity contribution in [2.24, 2.45) is 10.7 Å². The van der Waals surface area contributed by atoms with Gasteiger partial charge in [0.1, 0.15) is 0 Å². The van der Waals surface area contributed by atoms with Gasteiger partial charge in [0.05, 0.1) is 5.37 Å². The van der Waals surface area contributed by atoms with E-state index in [0.29, 0.717) is 5.96 Å². The van der Waals surface area contributed by atoms with Crippen molar-refractivity contribution in [3.8, 4) is 0 Å². The van der Waals surface area contributed by atoms with Crippen LogP contribution in [0.25, 0.3) is 0 Å². The standard InChI is InChI=1S/C4H11N3S.ClH/c1-3(8)7-4(5)6-2;/h3,8H,1-2H3,(H3,5,6,7);1H.